The first-order valence-electron chi connectivity index (χ1n) is 8.85. The average Bonchev–Trinajstić information content (AvgIpc) is 3.21. The third-order valence-electron chi connectivity index (χ3n) is 4.98. The quantitative estimate of drug-likeness (QED) is 0.831. The summed E-state index contributed by atoms with van der Waals surface area (Å²) >= 11 is 0. The van der Waals surface area contributed by atoms with Crippen molar-refractivity contribution in [3.63, 3.8) is 0 Å². The molecule has 1 aromatic heterocycles. The lowest BCUT2D eigenvalue weighted by Gasteiger charge is -2.24. The van der Waals surface area contributed by atoms with Crippen LogP contribution in [0.4, 0.5) is 0 Å². The summed E-state index contributed by atoms with van der Waals surface area (Å²) in [6.07, 6.45) is 8.35. The molecule has 1 N–H and O–H groups in total. The fraction of sp³-hybridized carbons (Fsp3) is 0.824. The Kier molecular flexibility index (Phi) is 5.87. The van der Waals surface area contributed by atoms with Gasteiger partial charge in [-0.15, -0.1) is 0 Å². The number of methoxy groups -OCH3 is 1. The van der Waals surface area contributed by atoms with Gasteiger partial charge in [0, 0.05) is 38.7 Å². The molecule has 0 unspecified atom stereocenters. The standard InChI is InChI=1S/C17H30N4O/c1-22-13-6-16-14-21(12-11-20-9-2-3-10-20)17(19-16)15-4-7-18-8-5-15/h14-15,18H,2-13H2,1H3. The lowest BCUT2D eigenvalue weighted by molar-refractivity contribution is 0.201. The third-order valence-corrected chi connectivity index (χ3v) is 4.98. The Morgan fingerprint density at radius 2 is 2.00 bits per heavy atom. The highest BCUT2D eigenvalue weighted by Gasteiger charge is 2.22. The lowest BCUT2D eigenvalue weighted by Crippen LogP contribution is -2.29. The van der Waals surface area contributed by atoms with E-state index in [0.717, 1.165) is 39.2 Å². The summed E-state index contributed by atoms with van der Waals surface area (Å²) < 4.78 is 7.64. The van der Waals surface area contributed by atoms with E-state index in [0.29, 0.717) is 5.92 Å². The Morgan fingerprint density at radius 1 is 1.23 bits per heavy atom. The van der Waals surface area contributed by atoms with Crippen molar-refractivity contribution in [2.45, 2.75) is 44.6 Å². The molecule has 0 amide bonds. The molecule has 0 aliphatic carbocycles. The Morgan fingerprint density at radius 3 is 2.73 bits per heavy atom. The van der Waals surface area contributed by atoms with Gasteiger partial charge in [0.2, 0.25) is 0 Å². The second kappa shape index (κ2) is 8.09. The molecule has 2 saturated heterocycles. The van der Waals surface area contributed by atoms with Gasteiger partial charge < -0.3 is 19.5 Å². The Balaban J connectivity index is 1.67. The largest absolute Gasteiger partial charge is 0.384 e. The number of likely N-dealkylation sites (tertiary alicyclic amines) is 1. The van der Waals surface area contributed by atoms with Crippen molar-refractivity contribution in [1.29, 1.82) is 0 Å². The summed E-state index contributed by atoms with van der Waals surface area (Å²) in [6.45, 7) is 7.79. The number of rotatable bonds is 7. The minimum absolute atomic E-state index is 0.621. The highest BCUT2D eigenvalue weighted by atomic mass is 16.5. The lowest BCUT2D eigenvalue weighted by atomic mass is 9.97. The number of piperidine rings is 1. The van der Waals surface area contributed by atoms with Crippen molar-refractivity contribution in [2.24, 2.45) is 0 Å². The third kappa shape index (κ3) is 4.09. The molecule has 22 heavy (non-hydrogen) atoms. The zero-order valence-corrected chi connectivity index (χ0v) is 13.9. The summed E-state index contributed by atoms with van der Waals surface area (Å²) in [5.74, 6) is 1.93. The van der Waals surface area contributed by atoms with E-state index in [1.165, 1.54) is 50.3 Å². The van der Waals surface area contributed by atoms with Crippen LogP contribution in [0.2, 0.25) is 0 Å². The molecule has 5 nitrogen and oxygen atoms in total. The molecule has 5 heteroatoms. The van der Waals surface area contributed by atoms with Gasteiger partial charge in [-0.1, -0.05) is 0 Å². The minimum atomic E-state index is 0.621. The number of ether oxygens (including phenoxy) is 1. The maximum Gasteiger partial charge on any atom is 0.112 e. The molecule has 1 aromatic rings. The molecule has 0 saturated carbocycles. The van der Waals surface area contributed by atoms with Gasteiger partial charge in [0.05, 0.1) is 12.3 Å². The Hall–Kier alpha value is -0.910. The maximum absolute atomic E-state index is 5.21. The zero-order chi connectivity index (χ0) is 15.2. The van der Waals surface area contributed by atoms with Crippen LogP contribution in [0, 0.1) is 0 Å². The summed E-state index contributed by atoms with van der Waals surface area (Å²) in [4.78, 5) is 7.54. The maximum atomic E-state index is 5.21. The zero-order valence-electron chi connectivity index (χ0n) is 13.9. The van der Waals surface area contributed by atoms with E-state index in [4.69, 9.17) is 9.72 Å². The smallest absolute Gasteiger partial charge is 0.112 e. The van der Waals surface area contributed by atoms with E-state index in [1.54, 1.807) is 7.11 Å². The van der Waals surface area contributed by atoms with E-state index in [2.05, 4.69) is 21.0 Å². The highest BCUT2D eigenvalue weighted by Crippen LogP contribution is 2.25. The highest BCUT2D eigenvalue weighted by molar-refractivity contribution is 5.10. The van der Waals surface area contributed by atoms with E-state index in [9.17, 15) is 0 Å². The first-order valence-corrected chi connectivity index (χ1v) is 8.85. The van der Waals surface area contributed by atoms with Crippen LogP contribution >= 0.6 is 0 Å². The van der Waals surface area contributed by atoms with Crippen molar-refractivity contribution < 1.29 is 4.74 Å². The first-order chi connectivity index (χ1) is 10.9. The molecular weight excluding hydrogens is 276 g/mol. The van der Waals surface area contributed by atoms with Crippen molar-refractivity contribution in [3.05, 3.63) is 17.7 Å². The van der Waals surface area contributed by atoms with Crippen LogP contribution in [-0.4, -0.2) is 60.9 Å². The Labute approximate surface area is 134 Å². The number of nitrogens with zero attached hydrogens (tertiary/aromatic N) is 3. The van der Waals surface area contributed by atoms with Gasteiger partial charge in [-0.25, -0.2) is 4.98 Å². The van der Waals surface area contributed by atoms with E-state index >= 15 is 0 Å². The number of nitrogens with one attached hydrogen (secondary N) is 1. The van der Waals surface area contributed by atoms with Gasteiger partial charge in [0.1, 0.15) is 5.82 Å². The molecule has 3 heterocycles. The molecule has 2 aliphatic heterocycles. The molecule has 0 atom stereocenters. The topological polar surface area (TPSA) is 42.3 Å². The van der Waals surface area contributed by atoms with Gasteiger partial charge in [-0.2, -0.15) is 0 Å². The number of hydrogen-bond donors (Lipinski definition) is 1. The summed E-state index contributed by atoms with van der Waals surface area (Å²) in [5, 5.41) is 3.46. The second-order valence-electron chi connectivity index (χ2n) is 6.60. The van der Waals surface area contributed by atoms with Gasteiger partial charge in [-0.3, -0.25) is 0 Å². The normalized spacial score (nSPS) is 20.8. The van der Waals surface area contributed by atoms with Crippen LogP contribution in [0.3, 0.4) is 0 Å². The van der Waals surface area contributed by atoms with Gasteiger partial charge in [0.15, 0.2) is 0 Å². The number of hydrogen-bond acceptors (Lipinski definition) is 4. The van der Waals surface area contributed by atoms with Gasteiger partial charge >= 0.3 is 0 Å². The summed E-state index contributed by atoms with van der Waals surface area (Å²) in [5.41, 5.74) is 1.19. The second-order valence-corrected chi connectivity index (χ2v) is 6.60. The predicted octanol–water partition coefficient (Wildman–Crippen LogP) is 1.63. The molecule has 0 spiro atoms. The summed E-state index contributed by atoms with van der Waals surface area (Å²) in [7, 11) is 1.76. The van der Waals surface area contributed by atoms with E-state index < -0.39 is 0 Å². The molecular formula is C17H30N4O. The van der Waals surface area contributed by atoms with E-state index in [1.807, 2.05) is 0 Å². The molecule has 124 valence electrons. The van der Waals surface area contributed by atoms with Crippen molar-refractivity contribution in [3.8, 4) is 0 Å². The number of aromatic nitrogens is 2. The Bertz CT molecular complexity index is 448. The van der Waals surface area contributed by atoms with Crippen molar-refractivity contribution in [2.75, 3.05) is 46.4 Å². The van der Waals surface area contributed by atoms with Crippen LogP contribution in [-0.2, 0) is 17.7 Å². The molecule has 0 radical (unpaired) electrons. The van der Waals surface area contributed by atoms with Crippen LogP contribution in [0.1, 0.15) is 43.1 Å². The van der Waals surface area contributed by atoms with Crippen molar-refractivity contribution in [1.82, 2.24) is 19.8 Å². The minimum Gasteiger partial charge on any atom is -0.384 e. The van der Waals surface area contributed by atoms with Crippen molar-refractivity contribution >= 4 is 0 Å². The van der Waals surface area contributed by atoms with Gasteiger partial charge in [0.25, 0.3) is 0 Å². The molecule has 3 rings (SSSR count). The summed E-state index contributed by atoms with van der Waals surface area (Å²) in [6, 6.07) is 0. The van der Waals surface area contributed by atoms with E-state index in [-0.39, 0.29) is 0 Å². The molecule has 0 bridgehead atoms. The fourth-order valence-corrected chi connectivity index (χ4v) is 3.65. The fourth-order valence-electron chi connectivity index (χ4n) is 3.65. The van der Waals surface area contributed by atoms with Crippen LogP contribution in [0.15, 0.2) is 6.20 Å². The SMILES string of the molecule is COCCc1cn(CCN2CCCC2)c(C2CCNCC2)n1. The average molecular weight is 306 g/mol. The van der Waals surface area contributed by atoms with Crippen LogP contribution in [0.5, 0.6) is 0 Å². The first kappa shape index (κ1) is 16.0. The molecule has 2 fully saturated rings. The van der Waals surface area contributed by atoms with Crippen LogP contribution < -0.4 is 5.32 Å². The molecule has 2 aliphatic rings. The predicted molar refractivity (Wildman–Crippen MR) is 88.3 cm³/mol. The monoisotopic (exact) mass is 306 g/mol. The molecule has 0 aromatic carbocycles. The van der Waals surface area contributed by atoms with Gasteiger partial charge in [-0.05, 0) is 51.9 Å². The number of imidazole rings is 1. The van der Waals surface area contributed by atoms with Crippen LogP contribution in [0.25, 0.3) is 0 Å².